The summed E-state index contributed by atoms with van der Waals surface area (Å²) >= 11 is 0. The van der Waals surface area contributed by atoms with Crippen molar-refractivity contribution in [3.05, 3.63) is 29.6 Å². The van der Waals surface area contributed by atoms with E-state index >= 15 is 0 Å². The summed E-state index contributed by atoms with van der Waals surface area (Å²) in [6.07, 6.45) is 5.19. The lowest BCUT2D eigenvalue weighted by Gasteiger charge is -2.46. The molecule has 0 aromatic heterocycles. The first-order chi connectivity index (χ1) is 10.2. The number of rotatable bonds is 2. The summed E-state index contributed by atoms with van der Waals surface area (Å²) in [5.74, 6) is 5.35. The molecule has 1 N–H and O–H groups in total. The third-order valence-corrected chi connectivity index (χ3v) is 4.20. The largest absolute Gasteiger partial charge is 0.490 e. The first-order valence-electron chi connectivity index (χ1n) is 7.40. The highest BCUT2D eigenvalue weighted by Crippen LogP contribution is 2.43. The van der Waals surface area contributed by atoms with E-state index in [2.05, 4.69) is 11.8 Å². The fraction of sp³-hybridized carbons (Fsp3) is 0.529. The highest BCUT2D eigenvalue weighted by Gasteiger charge is 2.43. The van der Waals surface area contributed by atoms with E-state index < -0.39 is 0 Å². The van der Waals surface area contributed by atoms with Gasteiger partial charge in [-0.2, -0.15) is 0 Å². The van der Waals surface area contributed by atoms with Gasteiger partial charge < -0.3 is 14.6 Å². The van der Waals surface area contributed by atoms with Crippen molar-refractivity contribution >= 4 is 0 Å². The zero-order chi connectivity index (χ0) is 14.7. The zero-order valence-electron chi connectivity index (χ0n) is 11.9. The molecule has 1 atom stereocenters. The van der Waals surface area contributed by atoms with Crippen LogP contribution < -0.4 is 4.74 Å². The second-order valence-electron chi connectivity index (χ2n) is 5.75. The highest BCUT2D eigenvalue weighted by atomic mass is 19.1. The monoisotopic (exact) mass is 290 g/mol. The van der Waals surface area contributed by atoms with Crippen LogP contribution in [0.2, 0.25) is 0 Å². The molecule has 1 aliphatic carbocycles. The van der Waals surface area contributed by atoms with Crippen LogP contribution in [0.25, 0.3) is 0 Å². The Kier molecular flexibility index (Phi) is 4.14. The van der Waals surface area contributed by atoms with Crippen LogP contribution >= 0.6 is 0 Å². The lowest BCUT2D eigenvalue weighted by atomic mass is 9.74. The maximum Gasteiger partial charge on any atom is 0.128 e. The minimum atomic E-state index is -0.375. The second kappa shape index (κ2) is 6.05. The van der Waals surface area contributed by atoms with Crippen LogP contribution in [-0.2, 0) is 4.74 Å². The van der Waals surface area contributed by atoms with E-state index in [-0.39, 0.29) is 24.1 Å². The molecule has 1 saturated heterocycles. The normalized spacial score (nSPS) is 23.0. The summed E-state index contributed by atoms with van der Waals surface area (Å²) < 4.78 is 25.4. The Labute approximate surface area is 124 Å². The quantitative estimate of drug-likeness (QED) is 0.851. The predicted octanol–water partition coefficient (Wildman–Crippen LogP) is 2.65. The number of aliphatic hydroxyl groups excluding tert-OH is 1. The van der Waals surface area contributed by atoms with Crippen LogP contribution in [0.1, 0.15) is 37.7 Å². The maximum atomic E-state index is 13.6. The Morgan fingerprint density at radius 3 is 2.95 bits per heavy atom. The van der Waals surface area contributed by atoms with Gasteiger partial charge in [0.25, 0.3) is 0 Å². The molecule has 1 aromatic rings. The van der Waals surface area contributed by atoms with Gasteiger partial charge in [0.1, 0.15) is 24.3 Å². The first-order valence-corrected chi connectivity index (χ1v) is 7.40. The SMILES string of the molecule is OCC#Cc1cc(F)cc(OC2CCOC3(CCC3)C2)c1. The smallest absolute Gasteiger partial charge is 0.128 e. The Hall–Kier alpha value is -1.57. The number of halogens is 1. The van der Waals surface area contributed by atoms with Gasteiger partial charge in [-0.3, -0.25) is 0 Å². The van der Waals surface area contributed by atoms with Gasteiger partial charge in [0.2, 0.25) is 0 Å². The van der Waals surface area contributed by atoms with Gasteiger partial charge in [-0.05, 0) is 31.4 Å². The molecule has 1 aromatic carbocycles. The number of hydrogen-bond acceptors (Lipinski definition) is 3. The van der Waals surface area contributed by atoms with Gasteiger partial charge in [-0.25, -0.2) is 4.39 Å². The van der Waals surface area contributed by atoms with E-state index in [0.29, 0.717) is 17.9 Å². The first kappa shape index (κ1) is 14.4. The lowest BCUT2D eigenvalue weighted by molar-refractivity contribution is -0.153. The van der Waals surface area contributed by atoms with Crippen molar-refractivity contribution in [1.29, 1.82) is 0 Å². The van der Waals surface area contributed by atoms with Crippen LogP contribution in [0.5, 0.6) is 5.75 Å². The molecule has 4 heteroatoms. The number of ether oxygens (including phenoxy) is 2. The van der Waals surface area contributed by atoms with Gasteiger partial charge in [0.15, 0.2) is 0 Å². The summed E-state index contributed by atoms with van der Waals surface area (Å²) in [6.45, 7) is 0.465. The van der Waals surface area contributed by atoms with Gasteiger partial charge in [-0.15, -0.1) is 0 Å². The third-order valence-electron chi connectivity index (χ3n) is 4.20. The molecule has 1 unspecified atom stereocenters. The van der Waals surface area contributed by atoms with Crippen LogP contribution in [0.3, 0.4) is 0 Å². The summed E-state index contributed by atoms with van der Waals surface area (Å²) in [5.41, 5.74) is 0.528. The molecule has 3 nitrogen and oxygen atoms in total. The van der Waals surface area contributed by atoms with E-state index in [4.69, 9.17) is 14.6 Å². The fourth-order valence-corrected chi connectivity index (χ4v) is 3.04. The van der Waals surface area contributed by atoms with Gasteiger partial charge in [0.05, 0.1) is 12.2 Å². The van der Waals surface area contributed by atoms with Gasteiger partial charge in [0, 0.05) is 24.5 Å². The molecular weight excluding hydrogens is 271 g/mol. The van der Waals surface area contributed by atoms with Crippen molar-refractivity contribution in [2.75, 3.05) is 13.2 Å². The van der Waals surface area contributed by atoms with Crippen molar-refractivity contribution < 1.29 is 19.0 Å². The number of benzene rings is 1. The molecule has 2 fully saturated rings. The summed E-state index contributed by atoms with van der Waals surface area (Å²) in [6, 6.07) is 4.44. The standard InChI is InChI=1S/C17H19FO3/c18-14-9-13(3-1-7-19)10-16(11-14)21-15-4-8-20-17(12-15)5-2-6-17/h9-11,15,19H,2,4-8,12H2. The Morgan fingerprint density at radius 1 is 1.38 bits per heavy atom. The van der Waals surface area contributed by atoms with Crippen LogP contribution in [0.15, 0.2) is 18.2 Å². The number of aliphatic hydroxyl groups is 1. The highest BCUT2D eigenvalue weighted by molar-refractivity contribution is 5.40. The van der Waals surface area contributed by atoms with E-state index in [1.807, 2.05) is 0 Å². The average molecular weight is 290 g/mol. The Balaban J connectivity index is 1.70. The van der Waals surface area contributed by atoms with Crippen molar-refractivity contribution in [3.63, 3.8) is 0 Å². The molecule has 1 aliphatic heterocycles. The van der Waals surface area contributed by atoms with Crippen LogP contribution in [-0.4, -0.2) is 30.0 Å². The lowest BCUT2D eigenvalue weighted by Crippen LogP contribution is -2.48. The maximum absolute atomic E-state index is 13.6. The molecule has 21 heavy (non-hydrogen) atoms. The fourth-order valence-electron chi connectivity index (χ4n) is 3.04. The average Bonchev–Trinajstić information content (AvgIpc) is 2.43. The molecule has 0 radical (unpaired) electrons. The second-order valence-corrected chi connectivity index (χ2v) is 5.75. The Bertz CT molecular complexity index is 569. The Morgan fingerprint density at radius 2 is 2.24 bits per heavy atom. The third kappa shape index (κ3) is 3.37. The van der Waals surface area contributed by atoms with Crippen molar-refractivity contribution in [3.8, 4) is 17.6 Å². The topological polar surface area (TPSA) is 38.7 Å². The van der Waals surface area contributed by atoms with Gasteiger partial charge in [-0.1, -0.05) is 11.8 Å². The molecule has 112 valence electrons. The van der Waals surface area contributed by atoms with Crippen LogP contribution in [0, 0.1) is 17.7 Å². The van der Waals surface area contributed by atoms with Crippen molar-refractivity contribution in [2.45, 2.75) is 43.8 Å². The van der Waals surface area contributed by atoms with E-state index in [9.17, 15) is 4.39 Å². The zero-order valence-corrected chi connectivity index (χ0v) is 11.9. The van der Waals surface area contributed by atoms with Crippen molar-refractivity contribution in [2.24, 2.45) is 0 Å². The minimum Gasteiger partial charge on any atom is -0.490 e. The molecule has 2 aliphatic rings. The van der Waals surface area contributed by atoms with Crippen LogP contribution in [0.4, 0.5) is 4.39 Å². The summed E-state index contributed by atoms with van der Waals surface area (Å²) in [7, 11) is 0. The van der Waals surface area contributed by atoms with E-state index in [1.165, 1.54) is 18.6 Å². The van der Waals surface area contributed by atoms with E-state index in [0.717, 1.165) is 25.7 Å². The van der Waals surface area contributed by atoms with Crippen molar-refractivity contribution in [1.82, 2.24) is 0 Å². The molecule has 1 spiro atoms. The molecule has 0 amide bonds. The minimum absolute atomic E-state index is 0.00969. The number of hydrogen-bond donors (Lipinski definition) is 1. The van der Waals surface area contributed by atoms with E-state index in [1.54, 1.807) is 6.07 Å². The molecule has 1 saturated carbocycles. The summed E-state index contributed by atoms with van der Waals surface area (Å²) in [4.78, 5) is 0. The molecule has 3 rings (SSSR count). The predicted molar refractivity (Wildman–Crippen MR) is 76.5 cm³/mol. The molecular formula is C17H19FO3. The molecule has 0 bridgehead atoms. The summed E-state index contributed by atoms with van der Waals surface area (Å²) in [5, 5.41) is 8.71. The molecule has 1 heterocycles. The van der Waals surface area contributed by atoms with Gasteiger partial charge >= 0.3 is 0 Å².